The van der Waals surface area contributed by atoms with Crippen molar-refractivity contribution < 1.29 is 19.1 Å². The lowest BCUT2D eigenvalue weighted by Gasteiger charge is -2.31. The molecule has 3 amide bonds. The van der Waals surface area contributed by atoms with Crippen molar-refractivity contribution in [1.82, 2.24) is 36.0 Å². The SMILES string of the molecule is O=C(NNC(=O)C1CCN(C(=O)CCOc2ccccc2)CC1)c1ccc(-n2cnnn2)cc1. The van der Waals surface area contributed by atoms with Crippen LogP contribution in [0.4, 0.5) is 0 Å². The maximum absolute atomic E-state index is 12.5. The summed E-state index contributed by atoms with van der Waals surface area (Å²) in [6.45, 7) is 1.30. The van der Waals surface area contributed by atoms with Crippen LogP contribution in [-0.2, 0) is 9.59 Å². The number of likely N-dealkylation sites (tertiary alicyclic amines) is 1. The molecule has 0 bridgehead atoms. The third-order valence-electron chi connectivity index (χ3n) is 5.59. The van der Waals surface area contributed by atoms with Gasteiger partial charge in [0.2, 0.25) is 11.8 Å². The molecular formula is C23H25N7O4. The number of aromatic nitrogens is 4. The van der Waals surface area contributed by atoms with Crippen LogP contribution in [0.2, 0.25) is 0 Å². The number of amides is 3. The number of carbonyl (C=O) groups excluding carboxylic acids is 3. The summed E-state index contributed by atoms with van der Waals surface area (Å²) in [7, 11) is 0. The number of ether oxygens (including phenoxy) is 1. The summed E-state index contributed by atoms with van der Waals surface area (Å²) in [5.41, 5.74) is 6.03. The van der Waals surface area contributed by atoms with Crippen LogP contribution in [0, 0.1) is 5.92 Å². The molecule has 1 aliphatic rings. The Balaban J connectivity index is 1.16. The average Bonchev–Trinajstić information content (AvgIpc) is 3.43. The highest BCUT2D eigenvalue weighted by Crippen LogP contribution is 2.18. The summed E-state index contributed by atoms with van der Waals surface area (Å²) < 4.78 is 7.05. The van der Waals surface area contributed by atoms with E-state index in [-0.39, 0.29) is 24.2 Å². The van der Waals surface area contributed by atoms with Gasteiger partial charge in [0.25, 0.3) is 5.91 Å². The second-order valence-electron chi connectivity index (χ2n) is 7.81. The molecule has 0 aliphatic carbocycles. The second-order valence-corrected chi connectivity index (χ2v) is 7.81. The number of hydrogen-bond donors (Lipinski definition) is 2. The Bertz CT molecular complexity index is 1100. The van der Waals surface area contributed by atoms with Crippen molar-refractivity contribution in [3.05, 3.63) is 66.5 Å². The number of hydrazine groups is 1. The lowest BCUT2D eigenvalue weighted by atomic mass is 9.96. The molecule has 1 aromatic heterocycles. The van der Waals surface area contributed by atoms with Crippen LogP contribution in [0.25, 0.3) is 5.69 Å². The van der Waals surface area contributed by atoms with E-state index in [1.54, 1.807) is 29.2 Å². The molecule has 2 aromatic carbocycles. The molecule has 2 N–H and O–H groups in total. The van der Waals surface area contributed by atoms with Crippen LogP contribution in [0.5, 0.6) is 5.75 Å². The monoisotopic (exact) mass is 463 g/mol. The Morgan fingerprint density at radius 3 is 2.38 bits per heavy atom. The minimum atomic E-state index is -0.428. The minimum absolute atomic E-state index is 0.00760. The van der Waals surface area contributed by atoms with Gasteiger partial charge in [-0.25, -0.2) is 4.68 Å². The van der Waals surface area contributed by atoms with Gasteiger partial charge in [0.1, 0.15) is 12.1 Å². The summed E-state index contributed by atoms with van der Waals surface area (Å²) >= 11 is 0. The first-order valence-electron chi connectivity index (χ1n) is 11.0. The van der Waals surface area contributed by atoms with E-state index in [1.165, 1.54) is 11.0 Å². The van der Waals surface area contributed by atoms with Crippen LogP contribution in [-0.4, -0.2) is 62.5 Å². The molecule has 1 aliphatic heterocycles. The van der Waals surface area contributed by atoms with Gasteiger partial charge in [-0.05, 0) is 59.7 Å². The van der Waals surface area contributed by atoms with E-state index < -0.39 is 5.91 Å². The number of benzene rings is 2. The molecule has 0 atom stereocenters. The third-order valence-corrected chi connectivity index (χ3v) is 5.59. The summed E-state index contributed by atoms with van der Waals surface area (Å²) in [5.74, 6) is -0.225. The molecule has 3 aromatic rings. The fourth-order valence-electron chi connectivity index (χ4n) is 3.66. The topological polar surface area (TPSA) is 131 Å². The first-order valence-corrected chi connectivity index (χ1v) is 11.0. The van der Waals surface area contributed by atoms with Gasteiger partial charge in [0.15, 0.2) is 0 Å². The van der Waals surface area contributed by atoms with Crippen molar-refractivity contribution in [2.75, 3.05) is 19.7 Å². The number of piperidine rings is 1. The molecule has 4 rings (SSSR count). The van der Waals surface area contributed by atoms with Crippen LogP contribution >= 0.6 is 0 Å². The maximum atomic E-state index is 12.5. The lowest BCUT2D eigenvalue weighted by Crippen LogP contribution is -2.48. The van der Waals surface area contributed by atoms with Gasteiger partial charge in [0.05, 0.1) is 18.7 Å². The van der Waals surface area contributed by atoms with Crippen molar-refractivity contribution in [2.24, 2.45) is 5.92 Å². The summed E-state index contributed by atoms with van der Waals surface area (Å²) in [5, 5.41) is 10.9. The second kappa shape index (κ2) is 11.0. The first-order chi connectivity index (χ1) is 16.6. The first kappa shape index (κ1) is 22.9. The molecule has 11 heteroatoms. The highest BCUT2D eigenvalue weighted by Gasteiger charge is 2.27. The molecular weight excluding hydrogens is 438 g/mol. The standard InChI is InChI=1S/C23H25N7O4/c31-21(12-15-34-20-4-2-1-3-5-20)29-13-10-18(11-14-29)23(33)26-25-22(32)17-6-8-19(9-7-17)30-16-24-27-28-30/h1-9,16,18H,10-15H2,(H,25,32)(H,26,33). The summed E-state index contributed by atoms with van der Waals surface area (Å²) in [4.78, 5) is 39.0. The van der Waals surface area contributed by atoms with Gasteiger partial charge in [-0.1, -0.05) is 18.2 Å². The van der Waals surface area contributed by atoms with Gasteiger partial charge in [-0.15, -0.1) is 5.10 Å². The molecule has 1 fully saturated rings. The highest BCUT2D eigenvalue weighted by atomic mass is 16.5. The zero-order valence-corrected chi connectivity index (χ0v) is 18.5. The number of para-hydroxylation sites is 1. The Kier molecular flexibility index (Phi) is 7.43. The zero-order valence-electron chi connectivity index (χ0n) is 18.5. The minimum Gasteiger partial charge on any atom is -0.493 e. The van der Waals surface area contributed by atoms with Crippen LogP contribution in [0.3, 0.4) is 0 Å². The van der Waals surface area contributed by atoms with Gasteiger partial charge in [0, 0.05) is 24.6 Å². The quantitative estimate of drug-likeness (QED) is 0.502. The normalized spacial score (nSPS) is 13.8. The fourth-order valence-corrected chi connectivity index (χ4v) is 3.66. The molecule has 2 heterocycles. The lowest BCUT2D eigenvalue weighted by molar-refractivity contribution is -0.136. The average molecular weight is 463 g/mol. The fraction of sp³-hybridized carbons (Fsp3) is 0.304. The van der Waals surface area contributed by atoms with E-state index >= 15 is 0 Å². The third kappa shape index (κ3) is 5.94. The molecule has 0 radical (unpaired) electrons. The predicted molar refractivity (Wildman–Crippen MR) is 121 cm³/mol. The Labute approximate surface area is 196 Å². The molecule has 34 heavy (non-hydrogen) atoms. The highest BCUT2D eigenvalue weighted by molar-refractivity contribution is 5.95. The number of carbonyl (C=O) groups is 3. The van der Waals surface area contributed by atoms with Crippen LogP contribution in [0.1, 0.15) is 29.6 Å². The predicted octanol–water partition coefficient (Wildman–Crippen LogP) is 1.13. The van der Waals surface area contributed by atoms with Crippen molar-refractivity contribution in [1.29, 1.82) is 0 Å². The molecule has 176 valence electrons. The molecule has 0 saturated carbocycles. The summed E-state index contributed by atoms with van der Waals surface area (Å²) in [6.07, 6.45) is 2.81. The summed E-state index contributed by atoms with van der Waals surface area (Å²) in [6, 6.07) is 16.0. The van der Waals surface area contributed by atoms with Gasteiger partial charge in [-0.3, -0.25) is 25.2 Å². The molecule has 1 saturated heterocycles. The number of nitrogens with one attached hydrogen (secondary N) is 2. The van der Waals surface area contributed by atoms with E-state index in [9.17, 15) is 14.4 Å². The zero-order chi connectivity index (χ0) is 23.8. The van der Waals surface area contributed by atoms with Crippen LogP contribution < -0.4 is 15.6 Å². The van der Waals surface area contributed by atoms with Crippen molar-refractivity contribution in [3.63, 3.8) is 0 Å². The molecule has 0 spiro atoms. The Hall–Kier alpha value is -4.28. The van der Waals surface area contributed by atoms with E-state index in [0.29, 0.717) is 43.8 Å². The van der Waals surface area contributed by atoms with Gasteiger partial charge < -0.3 is 9.64 Å². The van der Waals surface area contributed by atoms with E-state index in [2.05, 4.69) is 26.4 Å². The van der Waals surface area contributed by atoms with Crippen LogP contribution in [0.15, 0.2) is 60.9 Å². The Morgan fingerprint density at radius 1 is 0.971 bits per heavy atom. The Morgan fingerprint density at radius 2 is 1.71 bits per heavy atom. The number of hydrogen-bond acceptors (Lipinski definition) is 7. The number of rotatable bonds is 7. The molecule has 0 unspecified atom stereocenters. The number of nitrogens with zero attached hydrogens (tertiary/aromatic N) is 5. The van der Waals surface area contributed by atoms with Crippen molar-refractivity contribution in [2.45, 2.75) is 19.3 Å². The van der Waals surface area contributed by atoms with E-state index in [4.69, 9.17) is 4.74 Å². The van der Waals surface area contributed by atoms with Crippen molar-refractivity contribution >= 4 is 17.7 Å². The largest absolute Gasteiger partial charge is 0.493 e. The van der Waals surface area contributed by atoms with E-state index in [1.807, 2.05) is 30.3 Å². The van der Waals surface area contributed by atoms with Gasteiger partial charge in [-0.2, -0.15) is 0 Å². The smallest absolute Gasteiger partial charge is 0.269 e. The van der Waals surface area contributed by atoms with E-state index in [0.717, 1.165) is 5.75 Å². The maximum Gasteiger partial charge on any atom is 0.269 e. The van der Waals surface area contributed by atoms with Gasteiger partial charge >= 0.3 is 0 Å². The number of tetrazole rings is 1. The van der Waals surface area contributed by atoms with Crippen molar-refractivity contribution in [3.8, 4) is 11.4 Å². The molecule has 11 nitrogen and oxygen atoms in total.